The van der Waals surface area contributed by atoms with Crippen LogP contribution in [0, 0.1) is 0 Å². The monoisotopic (exact) mass is 443 g/mol. The van der Waals surface area contributed by atoms with E-state index in [1.807, 2.05) is 0 Å². The number of amides is 1. The van der Waals surface area contributed by atoms with Gasteiger partial charge in [0.2, 0.25) is 5.91 Å². The molecule has 0 radical (unpaired) electrons. The summed E-state index contributed by atoms with van der Waals surface area (Å²) in [6, 6.07) is 15.1. The molecule has 0 saturated carbocycles. The lowest BCUT2D eigenvalue weighted by Crippen LogP contribution is -2.42. The van der Waals surface area contributed by atoms with Gasteiger partial charge < -0.3 is 24.6 Å². The number of alkyl halides is 3. The minimum Gasteiger partial charge on any atom is -0.504 e. The topological polar surface area (TPSA) is 79.2 Å². The second-order valence-corrected chi connectivity index (χ2v) is 7.63. The lowest BCUT2D eigenvalue weighted by Gasteiger charge is -2.23. The van der Waals surface area contributed by atoms with Crippen LogP contribution < -0.4 is 14.4 Å². The molecule has 2 N–H and O–H groups in total. The zero-order valence-corrected chi connectivity index (χ0v) is 16.4. The van der Waals surface area contributed by atoms with E-state index in [9.17, 15) is 28.2 Å². The number of nitrogens with zero attached hydrogens (tertiary/aromatic N) is 1. The van der Waals surface area contributed by atoms with Gasteiger partial charge in [0.1, 0.15) is 23.5 Å². The SMILES string of the molecule is O=C1N(Cc2cccc(OC(F)(F)F)c2)c2ccccc2C12COc1cc(O)c(O)cc12. The molecule has 2 heterocycles. The van der Waals surface area contributed by atoms with Crippen LogP contribution in [-0.4, -0.2) is 29.1 Å². The van der Waals surface area contributed by atoms with Crippen molar-refractivity contribution in [1.82, 2.24) is 0 Å². The van der Waals surface area contributed by atoms with E-state index < -0.39 is 11.8 Å². The summed E-state index contributed by atoms with van der Waals surface area (Å²) >= 11 is 0. The van der Waals surface area contributed by atoms with Gasteiger partial charge in [-0.05, 0) is 35.4 Å². The predicted molar refractivity (Wildman–Crippen MR) is 107 cm³/mol. The fourth-order valence-corrected chi connectivity index (χ4v) is 4.38. The molecule has 32 heavy (non-hydrogen) atoms. The molecule has 3 aromatic rings. The Morgan fingerprint density at radius 1 is 1.00 bits per heavy atom. The van der Waals surface area contributed by atoms with Crippen LogP contribution in [0.25, 0.3) is 0 Å². The van der Waals surface area contributed by atoms with Gasteiger partial charge in [-0.1, -0.05) is 30.3 Å². The molecule has 0 aliphatic carbocycles. The first kappa shape index (κ1) is 20.0. The van der Waals surface area contributed by atoms with E-state index in [0.717, 1.165) is 0 Å². The smallest absolute Gasteiger partial charge is 0.504 e. The Hall–Kier alpha value is -3.88. The van der Waals surface area contributed by atoms with Crippen LogP contribution in [0.2, 0.25) is 0 Å². The number of para-hydroxylation sites is 1. The van der Waals surface area contributed by atoms with Crippen molar-refractivity contribution in [2.45, 2.75) is 18.3 Å². The first-order valence-corrected chi connectivity index (χ1v) is 9.64. The van der Waals surface area contributed by atoms with Crippen LogP contribution in [0.3, 0.4) is 0 Å². The second kappa shape index (κ2) is 6.81. The number of carbonyl (C=O) groups is 1. The summed E-state index contributed by atoms with van der Waals surface area (Å²) in [5.41, 5.74) is 0.860. The van der Waals surface area contributed by atoms with Crippen LogP contribution in [-0.2, 0) is 16.8 Å². The molecule has 1 spiro atoms. The molecule has 0 fully saturated rings. The fraction of sp³-hybridized carbons (Fsp3) is 0.174. The van der Waals surface area contributed by atoms with E-state index in [1.54, 1.807) is 30.3 Å². The van der Waals surface area contributed by atoms with Gasteiger partial charge in [-0.15, -0.1) is 13.2 Å². The van der Waals surface area contributed by atoms with Crippen molar-refractivity contribution >= 4 is 11.6 Å². The van der Waals surface area contributed by atoms with Crippen molar-refractivity contribution in [3.8, 4) is 23.0 Å². The molecule has 9 heteroatoms. The van der Waals surface area contributed by atoms with Gasteiger partial charge in [-0.25, -0.2) is 0 Å². The zero-order chi connectivity index (χ0) is 22.7. The Balaban J connectivity index is 1.56. The number of anilines is 1. The number of benzene rings is 3. The van der Waals surface area contributed by atoms with E-state index in [-0.39, 0.29) is 42.1 Å². The highest BCUT2D eigenvalue weighted by Gasteiger charge is 2.57. The van der Waals surface area contributed by atoms with Crippen molar-refractivity contribution in [2.75, 3.05) is 11.5 Å². The van der Waals surface area contributed by atoms with Crippen LogP contribution in [0.1, 0.15) is 16.7 Å². The molecule has 1 amide bonds. The number of hydrogen-bond acceptors (Lipinski definition) is 5. The van der Waals surface area contributed by atoms with Gasteiger partial charge in [0, 0.05) is 17.3 Å². The van der Waals surface area contributed by atoms with Crippen LogP contribution >= 0.6 is 0 Å². The molecule has 5 rings (SSSR count). The minimum atomic E-state index is -4.82. The molecule has 0 bridgehead atoms. The first-order chi connectivity index (χ1) is 15.2. The average Bonchev–Trinajstić information content (AvgIpc) is 3.20. The highest BCUT2D eigenvalue weighted by molar-refractivity contribution is 6.11. The number of hydrogen-bond donors (Lipinski definition) is 2. The fourth-order valence-electron chi connectivity index (χ4n) is 4.38. The average molecular weight is 443 g/mol. The Kier molecular flexibility index (Phi) is 4.27. The number of fused-ring (bicyclic) bond motifs is 4. The maximum absolute atomic E-state index is 13.8. The number of phenolic OH excluding ortho intramolecular Hbond substituents is 2. The maximum Gasteiger partial charge on any atom is 0.573 e. The highest BCUT2D eigenvalue weighted by atomic mass is 19.4. The van der Waals surface area contributed by atoms with Crippen molar-refractivity contribution in [1.29, 1.82) is 0 Å². The normalized spacial score (nSPS) is 19.1. The van der Waals surface area contributed by atoms with Crippen LogP contribution in [0.4, 0.5) is 18.9 Å². The first-order valence-electron chi connectivity index (χ1n) is 9.64. The Morgan fingerprint density at radius 2 is 1.75 bits per heavy atom. The van der Waals surface area contributed by atoms with E-state index in [4.69, 9.17) is 4.74 Å². The Morgan fingerprint density at radius 3 is 2.53 bits per heavy atom. The van der Waals surface area contributed by atoms with Crippen molar-refractivity contribution in [2.24, 2.45) is 0 Å². The number of ether oxygens (including phenoxy) is 2. The molecule has 1 atom stereocenters. The molecule has 1 unspecified atom stereocenters. The molecular weight excluding hydrogens is 427 g/mol. The van der Waals surface area contributed by atoms with Gasteiger partial charge in [-0.2, -0.15) is 0 Å². The molecule has 3 aromatic carbocycles. The maximum atomic E-state index is 13.8. The van der Waals surface area contributed by atoms with Gasteiger partial charge >= 0.3 is 6.36 Å². The summed E-state index contributed by atoms with van der Waals surface area (Å²) in [6.45, 7) is -0.0269. The summed E-state index contributed by atoms with van der Waals surface area (Å²) < 4.78 is 47.5. The van der Waals surface area contributed by atoms with Gasteiger partial charge in [0.05, 0.1) is 6.54 Å². The van der Waals surface area contributed by atoms with Gasteiger partial charge in [0.25, 0.3) is 0 Å². The second-order valence-electron chi connectivity index (χ2n) is 7.63. The number of phenols is 2. The number of halogens is 3. The lowest BCUT2D eigenvalue weighted by molar-refractivity contribution is -0.274. The van der Waals surface area contributed by atoms with Gasteiger partial charge in [-0.3, -0.25) is 4.79 Å². The predicted octanol–water partition coefficient (Wildman–Crippen LogP) is 4.22. The van der Waals surface area contributed by atoms with Crippen molar-refractivity contribution < 1.29 is 37.7 Å². The summed E-state index contributed by atoms with van der Waals surface area (Å²) in [5.74, 6) is -1.18. The summed E-state index contributed by atoms with van der Waals surface area (Å²) in [5, 5.41) is 19.9. The van der Waals surface area contributed by atoms with Crippen molar-refractivity contribution in [3.63, 3.8) is 0 Å². The molecular formula is C23H16F3NO5. The van der Waals surface area contributed by atoms with E-state index >= 15 is 0 Å². The zero-order valence-electron chi connectivity index (χ0n) is 16.4. The third-order valence-corrected chi connectivity index (χ3v) is 5.72. The third kappa shape index (κ3) is 3.00. The largest absolute Gasteiger partial charge is 0.573 e. The standard InChI is InChI=1S/C23H16F3NO5/c24-23(25,26)32-14-5-3-4-13(8-14)11-27-17-7-2-1-6-15(17)22(21(27)30)12-31-20-10-19(29)18(28)9-16(20)22/h1-10,28-29H,11-12H2. The Bertz CT molecular complexity index is 1240. The summed E-state index contributed by atoms with van der Waals surface area (Å²) in [6.07, 6.45) is -4.82. The molecule has 2 aliphatic rings. The van der Waals surface area contributed by atoms with E-state index in [0.29, 0.717) is 22.4 Å². The van der Waals surface area contributed by atoms with Gasteiger partial charge in [0.15, 0.2) is 11.5 Å². The lowest BCUT2D eigenvalue weighted by atomic mass is 9.77. The molecule has 0 saturated heterocycles. The summed E-state index contributed by atoms with van der Waals surface area (Å²) in [7, 11) is 0. The number of carbonyl (C=O) groups excluding carboxylic acids is 1. The molecule has 164 valence electrons. The molecule has 2 aliphatic heterocycles. The molecule has 6 nitrogen and oxygen atoms in total. The minimum absolute atomic E-state index is 0.00600. The van der Waals surface area contributed by atoms with E-state index in [2.05, 4.69) is 4.74 Å². The molecule has 0 aromatic heterocycles. The van der Waals surface area contributed by atoms with Crippen molar-refractivity contribution in [3.05, 3.63) is 77.4 Å². The summed E-state index contributed by atoms with van der Waals surface area (Å²) in [4.78, 5) is 15.2. The van der Waals surface area contributed by atoms with Crippen LogP contribution in [0.15, 0.2) is 60.7 Å². The highest BCUT2D eigenvalue weighted by Crippen LogP contribution is 2.54. The van der Waals surface area contributed by atoms with E-state index in [1.165, 1.54) is 35.2 Å². The van der Waals surface area contributed by atoms with Crippen LogP contribution in [0.5, 0.6) is 23.0 Å². The quantitative estimate of drug-likeness (QED) is 0.593. The number of aromatic hydroxyl groups is 2. The third-order valence-electron chi connectivity index (χ3n) is 5.72. The Labute approximate surface area is 180 Å². The number of rotatable bonds is 3.